The molecule has 1 unspecified atom stereocenters. The molecule has 1 amide bonds. The van der Waals surface area contributed by atoms with Crippen molar-refractivity contribution in [3.63, 3.8) is 0 Å². The number of hydrogen-bond donors (Lipinski definition) is 0. The van der Waals surface area contributed by atoms with Crippen molar-refractivity contribution in [2.45, 2.75) is 23.8 Å². The van der Waals surface area contributed by atoms with Gasteiger partial charge in [-0.2, -0.15) is 9.30 Å². The number of aryl methyl sites for hydroxylation is 1. The second-order valence-corrected chi connectivity index (χ2v) is 9.93. The maximum Gasteiger partial charge on any atom is 0.270 e. The maximum atomic E-state index is 13.2. The van der Waals surface area contributed by atoms with Crippen LogP contribution in [0.5, 0.6) is 0 Å². The molecule has 0 spiro atoms. The van der Waals surface area contributed by atoms with Crippen LogP contribution in [0.3, 0.4) is 0 Å². The molecule has 3 aromatic rings. The van der Waals surface area contributed by atoms with Gasteiger partial charge >= 0.3 is 0 Å². The van der Waals surface area contributed by atoms with Gasteiger partial charge in [0.1, 0.15) is 11.9 Å². The highest BCUT2D eigenvalue weighted by atomic mass is 32.2. The van der Waals surface area contributed by atoms with Gasteiger partial charge in [0.2, 0.25) is 10.0 Å². The van der Waals surface area contributed by atoms with Gasteiger partial charge in [-0.25, -0.2) is 12.8 Å². The first-order chi connectivity index (χ1) is 14.7. The summed E-state index contributed by atoms with van der Waals surface area (Å²) in [5.41, 5.74) is 0.601. The minimum atomic E-state index is -3.98. The van der Waals surface area contributed by atoms with E-state index >= 15 is 0 Å². The van der Waals surface area contributed by atoms with Gasteiger partial charge in [-0.15, -0.1) is 0 Å². The number of thiazole rings is 1. The van der Waals surface area contributed by atoms with Gasteiger partial charge in [-0.1, -0.05) is 11.3 Å². The Morgan fingerprint density at radius 2 is 1.97 bits per heavy atom. The Morgan fingerprint density at radius 3 is 2.65 bits per heavy atom. The Balaban J connectivity index is 1.69. The molecule has 12 heteroatoms. The number of nitrogens with zero attached hydrogens (tertiary/aromatic N) is 4. The van der Waals surface area contributed by atoms with Crippen LogP contribution in [0.1, 0.15) is 12.8 Å². The van der Waals surface area contributed by atoms with E-state index in [1.54, 1.807) is 17.7 Å². The number of amides is 1. The number of nitro benzene ring substituents is 1. The fraction of sp³-hybridized carbons (Fsp3) is 0.263. The molecule has 0 aliphatic carbocycles. The van der Waals surface area contributed by atoms with E-state index < -0.39 is 32.7 Å². The molecule has 1 saturated heterocycles. The number of hydrogen-bond acceptors (Lipinski definition) is 6. The van der Waals surface area contributed by atoms with Crippen LogP contribution < -0.4 is 4.80 Å². The molecule has 1 aromatic heterocycles. The molecular weight excluding hydrogens is 447 g/mol. The number of benzene rings is 2. The summed E-state index contributed by atoms with van der Waals surface area (Å²) < 4.78 is 42.4. The van der Waals surface area contributed by atoms with Crippen molar-refractivity contribution in [3.05, 3.63) is 63.2 Å². The van der Waals surface area contributed by atoms with Crippen LogP contribution in [0.4, 0.5) is 10.1 Å². The van der Waals surface area contributed by atoms with Gasteiger partial charge in [-0.3, -0.25) is 14.9 Å². The molecule has 0 radical (unpaired) electrons. The Bertz CT molecular complexity index is 1360. The normalized spacial score (nSPS) is 18.0. The summed E-state index contributed by atoms with van der Waals surface area (Å²) >= 11 is 1.11. The van der Waals surface area contributed by atoms with Crippen LogP contribution >= 0.6 is 11.3 Å². The molecule has 9 nitrogen and oxygen atoms in total. The van der Waals surface area contributed by atoms with Crippen molar-refractivity contribution < 1.29 is 22.5 Å². The van der Waals surface area contributed by atoms with Crippen molar-refractivity contribution in [1.82, 2.24) is 8.87 Å². The average molecular weight is 465 g/mol. The van der Waals surface area contributed by atoms with Crippen molar-refractivity contribution in [1.29, 1.82) is 0 Å². The molecule has 4 rings (SSSR count). The smallest absolute Gasteiger partial charge is 0.270 e. The van der Waals surface area contributed by atoms with E-state index in [1.165, 1.54) is 24.3 Å². The Morgan fingerprint density at radius 1 is 1.26 bits per heavy atom. The van der Waals surface area contributed by atoms with E-state index in [0.29, 0.717) is 27.9 Å². The molecule has 1 atom stereocenters. The highest BCUT2D eigenvalue weighted by molar-refractivity contribution is 7.89. The molecule has 1 fully saturated rings. The molecule has 2 aromatic carbocycles. The monoisotopic (exact) mass is 464 g/mol. The Labute approximate surface area is 180 Å². The third-order valence-electron chi connectivity index (χ3n) is 5.12. The minimum absolute atomic E-state index is 0.0698. The van der Waals surface area contributed by atoms with Gasteiger partial charge in [0.25, 0.3) is 11.6 Å². The van der Waals surface area contributed by atoms with E-state index in [9.17, 15) is 27.7 Å². The topological polar surface area (TPSA) is 115 Å². The molecule has 31 heavy (non-hydrogen) atoms. The number of nitro groups is 1. The van der Waals surface area contributed by atoms with Crippen molar-refractivity contribution >= 4 is 43.2 Å². The van der Waals surface area contributed by atoms with E-state index in [2.05, 4.69) is 4.99 Å². The molecule has 162 valence electrons. The van der Waals surface area contributed by atoms with E-state index in [1.807, 2.05) is 0 Å². The fourth-order valence-corrected chi connectivity index (χ4v) is 6.24. The van der Waals surface area contributed by atoms with Crippen molar-refractivity contribution in [2.75, 3.05) is 6.54 Å². The third-order valence-corrected chi connectivity index (χ3v) is 8.14. The highest BCUT2D eigenvalue weighted by Gasteiger charge is 2.39. The zero-order valence-corrected chi connectivity index (χ0v) is 17.9. The molecule has 1 aliphatic heterocycles. The lowest BCUT2D eigenvalue weighted by Gasteiger charge is -2.21. The van der Waals surface area contributed by atoms with Crippen molar-refractivity contribution in [2.24, 2.45) is 12.0 Å². The van der Waals surface area contributed by atoms with Gasteiger partial charge in [0, 0.05) is 25.7 Å². The number of rotatable bonds is 4. The number of non-ortho nitro benzene ring substituents is 1. The van der Waals surface area contributed by atoms with Crippen LogP contribution in [-0.4, -0.2) is 40.7 Å². The van der Waals surface area contributed by atoms with Gasteiger partial charge in [0.15, 0.2) is 4.80 Å². The molecule has 1 aliphatic rings. The van der Waals surface area contributed by atoms with Gasteiger partial charge in [-0.05, 0) is 43.2 Å². The second kappa shape index (κ2) is 7.94. The van der Waals surface area contributed by atoms with Crippen LogP contribution in [0.15, 0.2) is 52.4 Å². The third kappa shape index (κ3) is 3.89. The number of carbonyl (C=O) groups excluding carboxylic acids is 1. The van der Waals surface area contributed by atoms with E-state index in [4.69, 9.17) is 0 Å². The maximum absolute atomic E-state index is 13.2. The summed E-state index contributed by atoms with van der Waals surface area (Å²) in [7, 11) is -2.31. The van der Waals surface area contributed by atoms with Gasteiger partial charge in [0.05, 0.1) is 20.0 Å². The van der Waals surface area contributed by atoms with Crippen LogP contribution in [0.2, 0.25) is 0 Å². The second-order valence-electron chi connectivity index (χ2n) is 7.03. The lowest BCUT2D eigenvalue weighted by molar-refractivity contribution is -0.384. The summed E-state index contributed by atoms with van der Waals surface area (Å²) in [6.07, 6.45) is 0.819. The predicted octanol–water partition coefficient (Wildman–Crippen LogP) is 2.57. The summed E-state index contributed by atoms with van der Waals surface area (Å²) in [6, 6.07) is 7.84. The largest absolute Gasteiger partial charge is 0.319 e. The Kier molecular flexibility index (Phi) is 5.45. The first-order valence-corrected chi connectivity index (χ1v) is 11.5. The highest BCUT2D eigenvalue weighted by Crippen LogP contribution is 2.27. The van der Waals surface area contributed by atoms with Crippen LogP contribution in [0, 0.1) is 15.9 Å². The zero-order valence-electron chi connectivity index (χ0n) is 16.3. The SMILES string of the molecule is Cn1c(=NC(=O)C2CCCN2S(=O)(=O)c2ccc(F)cc2)sc2cc([N+](=O)[O-])ccc21. The first kappa shape index (κ1) is 21.3. The van der Waals surface area contributed by atoms with Crippen molar-refractivity contribution in [3.8, 4) is 0 Å². The molecule has 2 heterocycles. The number of sulfonamides is 1. The summed E-state index contributed by atoms with van der Waals surface area (Å²) in [4.78, 5) is 27.8. The number of fused-ring (bicyclic) bond motifs is 1. The zero-order chi connectivity index (χ0) is 22.3. The molecule has 0 bridgehead atoms. The minimum Gasteiger partial charge on any atom is -0.319 e. The van der Waals surface area contributed by atoms with E-state index in [-0.39, 0.29) is 17.1 Å². The standard InChI is InChI=1S/C19H17FN4O5S2/c1-22-15-9-6-13(24(26)27)11-17(15)30-19(22)21-18(25)16-3-2-10-23(16)31(28,29)14-7-4-12(20)5-8-14/h4-9,11,16H,2-3,10H2,1H3. The number of halogens is 1. The summed E-state index contributed by atoms with van der Waals surface area (Å²) in [5.74, 6) is -1.17. The lowest BCUT2D eigenvalue weighted by atomic mass is 10.2. The summed E-state index contributed by atoms with van der Waals surface area (Å²) in [6.45, 7) is 0.163. The average Bonchev–Trinajstić information content (AvgIpc) is 3.34. The molecule has 0 saturated carbocycles. The van der Waals surface area contributed by atoms with E-state index in [0.717, 1.165) is 27.8 Å². The van der Waals surface area contributed by atoms with Crippen LogP contribution in [0.25, 0.3) is 10.2 Å². The fourth-order valence-electron chi connectivity index (χ4n) is 3.53. The quantitative estimate of drug-likeness (QED) is 0.435. The number of aromatic nitrogens is 1. The first-order valence-electron chi connectivity index (χ1n) is 9.28. The lowest BCUT2D eigenvalue weighted by Crippen LogP contribution is -2.40. The molecule has 0 N–H and O–H groups in total. The number of carbonyl (C=O) groups is 1. The van der Waals surface area contributed by atoms with Crippen LogP contribution in [-0.2, 0) is 21.9 Å². The molecular formula is C19H17FN4O5S2. The predicted molar refractivity (Wildman–Crippen MR) is 111 cm³/mol. The Hall–Kier alpha value is -2.96. The summed E-state index contributed by atoms with van der Waals surface area (Å²) in [5, 5.41) is 11.0. The van der Waals surface area contributed by atoms with Gasteiger partial charge < -0.3 is 4.57 Å².